The van der Waals surface area contributed by atoms with Crippen molar-refractivity contribution in [3.05, 3.63) is 83.8 Å². The third-order valence-electron chi connectivity index (χ3n) is 4.23. The fraction of sp³-hybridized carbons (Fsp3) is 0.100. The summed E-state index contributed by atoms with van der Waals surface area (Å²) in [4.78, 5) is 21.0. The third kappa shape index (κ3) is 3.39. The molecule has 1 amide bonds. The Morgan fingerprint density at radius 1 is 1.15 bits per heavy atom. The first-order valence-corrected chi connectivity index (χ1v) is 8.39. The largest absolute Gasteiger partial charge is 0.348 e. The molecular weight excluding hydrogens is 345 g/mol. The lowest BCUT2D eigenvalue weighted by atomic mass is 10.1. The van der Waals surface area contributed by atoms with Gasteiger partial charge in [0.2, 0.25) is 0 Å². The first-order valence-electron chi connectivity index (χ1n) is 8.39. The second-order valence-electron chi connectivity index (χ2n) is 6.14. The van der Waals surface area contributed by atoms with Gasteiger partial charge in [0, 0.05) is 30.0 Å². The molecule has 0 radical (unpaired) electrons. The van der Waals surface area contributed by atoms with Gasteiger partial charge in [-0.2, -0.15) is 5.10 Å². The maximum atomic E-state index is 13.2. The molecule has 4 rings (SSSR count). The van der Waals surface area contributed by atoms with E-state index in [4.69, 9.17) is 0 Å². The van der Waals surface area contributed by atoms with Gasteiger partial charge in [-0.25, -0.2) is 9.07 Å². The molecular formula is C20H16FN5O. The molecule has 0 aliphatic carbocycles. The number of aromatic nitrogens is 4. The second kappa shape index (κ2) is 6.95. The summed E-state index contributed by atoms with van der Waals surface area (Å²) in [7, 11) is 0. The Bertz CT molecular complexity index is 1120. The van der Waals surface area contributed by atoms with E-state index >= 15 is 0 Å². The van der Waals surface area contributed by atoms with Crippen LogP contribution in [-0.2, 0) is 6.54 Å². The van der Waals surface area contributed by atoms with E-state index in [9.17, 15) is 9.18 Å². The van der Waals surface area contributed by atoms with E-state index in [1.54, 1.807) is 35.4 Å². The van der Waals surface area contributed by atoms with Crippen molar-refractivity contribution >= 4 is 16.8 Å². The number of pyridine rings is 2. The molecule has 7 heteroatoms. The molecule has 0 fully saturated rings. The number of rotatable bonds is 4. The summed E-state index contributed by atoms with van der Waals surface area (Å²) in [5.41, 5.74) is 3.67. The van der Waals surface area contributed by atoms with Gasteiger partial charge < -0.3 is 5.32 Å². The number of nitrogens with one attached hydrogen (secondary N) is 1. The van der Waals surface area contributed by atoms with Gasteiger partial charge >= 0.3 is 0 Å². The van der Waals surface area contributed by atoms with Crippen molar-refractivity contribution in [3.8, 4) is 5.69 Å². The van der Waals surface area contributed by atoms with Gasteiger partial charge in [0.25, 0.3) is 5.91 Å². The smallest absolute Gasteiger partial charge is 0.253 e. The van der Waals surface area contributed by atoms with Crippen molar-refractivity contribution in [1.29, 1.82) is 0 Å². The molecule has 27 heavy (non-hydrogen) atoms. The molecule has 1 N–H and O–H groups in total. The van der Waals surface area contributed by atoms with Gasteiger partial charge in [0.05, 0.1) is 29.2 Å². The molecule has 0 unspecified atom stereocenters. The summed E-state index contributed by atoms with van der Waals surface area (Å²) < 4.78 is 14.8. The zero-order valence-corrected chi connectivity index (χ0v) is 14.6. The molecule has 6 nitrogen and oxygen atoms in total. The van der Waals surface area contributed by atoms with Gasteiger partial charge in [0.15, 0.2) is 0 Å². The van der Waals surface area contributed by atoms with Crippen molar-refractivity contribution in [2.45, 2.75) is 13.5 Å². The molecule has 134 valence electrons. The Hall–Kier alpha value is -3.61. The minimum Gasteiger partial charge on any atom is -0.348 e. The second-order valence-corrected chi connectivity index (χ2v) is 6.14. The molecule has 0 saturated carbocycles. The highest BCUT2D eigenvalue weighted by atomic mass is 19.1. The van der Waals surface area contributed by atoms with E-state index in [1.165, 1.54) is 18.3 Å². The monoisotopic (exact) mass is 361 g/mol. The van der Waals surface area contributed by atoms with Gasteiger partial charge in [-0.15, -0.1) is 0 Å². The lowest BCUT2D eigenvalue weighted by molar-refractivity contribution is 0.0952. The summed E-state index contributed by atoms with van der Waals surface area (Å²) in [5, 5.41) is 7.91. The molecule has 0 atom stereocenters. The number of benzene rings is 1. The van der Waals surface area contributed by atoms with Gasteiger partial charge in [-0.1, -0.05) is 0 Å². The lowest BCUT2D eigenvalue weighted by Crippen LogP contribution is -2.23. The number of carbonyl (C=O) groups is 1. The Balaban J connectivity index is 1.62. The lowest BCUT2D eigenvalue weighted by Gasteiger charge is -2.07. The molecule has 3 aromatic heterocycles. The Morgan fingerprint density at radius 3 is 2.74 bits per heavy atom. The van der Waals surface area contributed by atoms with E-state index in [0.717, 1.165) is 11.3 Å². The van der Waals surface area contributed by atoms with E-state index < -0.39 is 0 Å². The number of fused-ring (bicyclic) bond motifs is 1. The third-order valence-corrected chi connectivity index (χ3v) is 4.23. The minimum atomic E-state index is -0.320. The predicted molar refractivity (Wildman–Crippen MR) is 99.0 cm³/mol. The highest BCUT2D eigenvalue weighted by Gasteiger charge is 2.14. The fourth-order valence-electron chi connectivity index (χ4n) is 2.90. The van der Waals surface area contributed by atoms with Crippen LogP contribution in [0, 0.1) is 12.7 Å². The molecule has 0 saturated heterocycles. The number of hydrogen-bond donors (Lipinski definition) is 1. The van der Waals surface area contributed by atoms with Crippen LogP contribution in [0.5, 0.6) is 0 Å². The van der Waals surface area contributed by atoms with Crippen LogP contribution in [0.25, 0.3) is 16.6 Å². The van der Waals surface area contributed by atoms with E-state index in [0.29, 0.717) is 28.7 Å². The SMILES string of the molecule is Cc1cc(CNC(=O)c2cncc3c2cnn3-c2ccc(F)cc2)ccn1. The van der Waals surface area contributed by atoms with Crippen molar-refractivity contribution in [1.82, 2.24) is 25.1 Å². The fourth-order valence-corrected chi connectivity index (χ4v) is 2.90. The standard InChI is InChI=1S/C20H16FN5O/c1-13-8-14(6-7-23-13)9-24-20(27)18-10-22-12-19-17(18)11-25-26(19)16-4-2-15(21)3-5-16/h2-8,10-12H,9H2,1H3,(H,24,27). The maximum absolute atomic E-state index is 13.2. The summed E-state index contributed by atoms with van der Waals surface area (Å²) in [6, 6.07) is 9.76. The van der Waals surface area contributed by atoms with Crippen LogP contribution in [-0.4, -0.2) is 25.7 Å². The zero-order valence-electron chi connectivity index (χ0n) is 14.6. The zero-order chi connectivity index (χ0) is 18.8. The highest BCUT2D eigenvalue weighted by Crippen LogP contribution is 2.21. The number of amides is 1. The van der Waals surface area contributed by atoms with Crippen molar-refractivity contribution in [2.75, 3.05) is 0 Å². The van der Waals surface area contributed by atoms with Crippen LogP contribution >= 0.6 is 0 Å². The normalized spacial score (nSPS) is 10.9. The molecule has 1 aromatic carbocycles. The van der Waals surface area contributed by atoms with Crippen LogP contribution in [0.4, 0.5) is 4.39 Å². The molecule has 0 aliphatic rings. The predicted octanol–water partition coefficient (Wildman–Crippen LogP) is 3.19. The van der Waals surface area contributed by atoms with E-state index in [-0.39, 0.29) is 11.7 Å². The highest BCUT2D eigenvalue weighted by molar-refractivity contribution is 6.05. The van der Waals surface area contributed by atoms with Crippen molar-refractivity contribution < 1.29 is 9.18 Å². The summed E-state index contributed by atoms with van der Waals surface area (Å²) >= 11 is 0. The van der Waals surface area contributed by atoms with Crippen LogP contribution in [0.2, 0.25) is 0 Å². The molecule has 3 heterocycles. The average Bonchev–Trinajstić information content (AvgIpc) is 3.11. The Kier molecular flexibility index (Phi) is 4.33. The summed E-state index contributed by atoms with van der Waals surface area (Å²) in [6.45, 7) is 2.30. The molecule has 0 bridgehead atoms. The number of nitrogens with zero attached hydrogens (tertiary/aromatic N) is 4. The van der Waals surface area contributed by atoms with Gasteiger partial charge in [0.1, 0.15) is 5.82 Å². The first kappa shape index (κ1) is 16.8. The van der Waals surface area contributed by atoms with E-state index in [2.05, 4.69) is 20.4 Å². The Morgan fingerprint density at radius 2 is 1.96 bits per heavy atom. The van der Waals surface area contributed by atoms with Crippen molar-refractivity contribution in [3.63, 3.8) is 0 Å². The first-order chi connectivity index (χ1) is 13.1. The van der Waals surface area contributed by atoms with Crippen LogP contribution in [0.3, 0.4) is 0 Å². The van der Waals surface area contributed by atoms with Gasteiger partial charge in [-0.05, 0) is 48.9 Å². The van der Waals surface area contributed by atoms with E-state index in [1.807, 2.05) is 19.1 Å². The number of aryl methyl sites for hydroxylation is 1. The van der Waals surface area contributed by atoms with Crippen molar-refractivity contribution in [2.24, 2.45) is 0 Å². The number of halogens is 1. The van der Waals surface area contributed by atoms with Crippen LogP contribution in [0.1, 0.15) is 21.6 Å². The molecule has 0 spiro atoms. The summed E-state index contributed by atoms with van der Waals surface area (Å²) in [6.07, 6.45) is 6.48. The quantitative estimate of drug-likeness (QED) is 0.606. The number of hydrogen-bond acceptors (Lipinski definition) is 4. The minimum absolute atomic E-state index is 0.235. The number of carbonyl (C=O) groups excluding carboxylic acids is 1. The molecule has 4 aromatic rings. The Labute approximate surface area is 154 Å². The van der Waals surface area contributed by atoms with Crippen LogP contribution < -0.4 is 5.32 Å². The molecule has 0 aliphatic heterocycles. The topological polar surface area (TPSA) is 72.7 Å². The summed E-state index contributed by atoms with van der Waals surface area (Å²) in [5.74, 6) is -0.555. The van der Waals surface area contributed by atoms with Crippen LogP contribution in [0.15, 0.2) is 61.2 Å². The van der Waals surface area contributed by atoms with Gasteiger partial charge in [-0.3, -0.25) is 14.8 Å². The maximum Gasteiger partial charge on any atom is 0.253 e. The average molecular weight is 361 g/mol.